The molecule has 1 saturated heterocycles. The lowest BCUT2D eigenvalue weighted by Gasteiger charge is -2.39. The van der Waals surface area contributed by atoms with Crippen LogP contribution in [0.25, 0.3) is 0 Å². The van der Waals surface area contributed by atoms with Crippen LogP contribution in [0.1, 0.15) is 11.6 Å². The van der Waals surface area contributed by atoms with Gasteiger partial charge in [-0.3, -0.25) is 4.90 Å². The second kappa shape index (κ2) is 9.38. The van der Waals surface area contributed by atoms with Crippen molar-refractivity contribution in [3.8, 4) is 17.2 Å². The monoisotopic (exact) mass is 382 g/mol. The maximum absolute atomic E-state index is 14.6. The predicted molar refractivity (Wildman–Crippen MR) is 92.6 cm³/mol. The average molecular weight is 383 g/mol. The number of hydrogen-bond donors (Lipinski definition) is 2. The number of aliphatic hydroxyl groups excluding tert-OH is 1. The zero-order chi connectivity index (χ0) is 17.7. The molecule has 1 aromatic carbocycles. The van der Waals surface area contributed by atoms with E-state index in [1.54, 1.807) is 4.90 Å². The number of nitrogens with one attached hydrogen (secondary N) is 1. The molecule has 1 aromatic rings. The molecule has 1 atom stereocenters. The van der Waals surface area contributed by atoms with Crippen molar-refractivity contribution in [2.24, 2.45) is 0 Å². The molecule has 2 N–H and O–H groups in total. The lowest BCUT2D eigenvalue weighted by Crippen LogP contribution is -2.51. The van der Waals surface area contributed by atoms with Crippen LogP contribution < -0.4 is 19.5 Å². The molecule has 0 aromatic heterocycles. The van der Waals surface area contributed by atoms with Gasteiger partial charge in [0.1, 0.15) is 18.4 Å². The summed E-state index contributed by atoms with van der Waals surface area (Å²) in [6.07, 6.45) is 0. The van der Waals surface area contributed by atoms with Gasteiger partial charge in [0.2, 0.25) is 0 Å². The van der Waals surface area contributed by atoms with E-state index in [4.69, 9.17) is 14.2 Å². The van der Waals surface area contributed by atoms with Crippen molar-refractivity contribution in [1.29, 1.82) is 0 Å². The molecule has 0 unspecified atom stereocenters. The van der Waals surface area contributed by atoms with Crippen LogP contribution in [0.2, 0.25) is 0 Å². The Labute approximate surface area is 152 Å². The number of piperazine rings is 1. The molecular formula is C16H25ClF2N2O4. The summed E-state index contributed by atoms with van der Waals surface area (Å²) in [4.78, 5) is 1.65. The Balaban J connectivity index is 0.00000312. The molecule has 1 fully saturated rings. The van der Waals surface area contributed by atoms with Gasteiger partial charge in [0, 0.05) is 37.8 Å². The van der Waals surface area contributed by atoms with E-state index >= 15 is 0 Å². The molecule has 9 heteroatoms. The van der Waals surface area contributed by atoms with Gasteiger partial charge in [-0.2, -0.15) is 0 Å². The Morgan fingerprint density at radius 3 is 2.08 bits per heavy atom. The maximum atomic E-state index is 14.6. The second-order valence-electron chi connectivity index (χ2n) is 5.56. The maximum Gasteiger partial charge on any atom is 0.290 e. The summed E-state index contributed by atoms with van der Waals surface area (Å²) in [5.41, 5.74) is 0.260. The Morgan fingerprint density at radius 1 is 1.08 bits per heavy atom. The number of methoxy groups -OCH3 is 3. The molecule has 6 nitrogen and oxygen atoms in total. The van der Waals surface area contributed by atoms with Crippen molar-refractivity contribution in [2.75, 3.05) is 54.1 Å². The van der Waals surface area contributed by atoms with E-state index in [1.807, 2.05) is 0 Å². The number of rotatable bonds is 7. The third kappa shape index (κ3) is 4.63. The number of hydrogen-bond acceptors (Lipinski definition) is 6. The standard InChI is InChI=1S/C16H24F2N2O4.ClH/c1-22-12-9-14(24-3)13(23-2)8-11(12)15(16(17,18)10-21)20-6-4-19-5-7-20;/h8-9,15,19,21H,4-7,10H2,1-3H3;1H/t15-;/m0./s1. The molecule has 1 aliphatic rings. The first kappa shape index (κ1) is 21.7. The summed E-state index contributed by atoms with van der Waals surface area (Å²) in [5.74, 6) is -2.33. The van der Waals surface area contributed by atoms with E-state index in [0.717, 1.165) is 0 Å². The van der Waals surface area contributed by atoms with Crippen molar-refractivity contribution in [1.82, 2.24) is 10.2 Å². The Hall–Kier alpha value is -1.35. The number of benzene rings is 1. The Morgan fingerprint density at radius 2 is 1.60 bits per heavy atom. The molecule has 0 radical (unpaired) electrons. The van der Waals surface area contributed by atoms with Crippen LogP contribution in [-0.4, -0.2) is 70.0 Å². The number of ether oxygens (including phenoxy) is 3. The minimum atomic E-state index is -3.33. The van der Waals surface area contributed by atoms with Crippen LogP contribution in [0.4, 0.5) is 8.78 Å². The van der Waals surface area contributed by atoms with Gasteiger partial charge in [-0.1, -0.05) is 0 Å². The molecule has 2 rings (SSSR count). The molecule has 1 heterocycles. The zero-order valence-corrected chi connectivity index (χ0v) is 15.4. The molecule has 1 aliphatic heterocycles. The lowest BCUT2D eigenvalue weighted by molar-refractivity contribution is -0.119. The van der Waals surface area contributed by atoms with E-state index in [2.05, 4.69) is 5.32 Å². The Kier molecular flexibility index (Phi) is 8.14. The largest absolute Gasteiger partial charge is 0.496 e. The molecule has 0 spiro atoms. The summed E-state index contributed by atoms with van der Waals surface area (Å²) in [6.45, 7) is 0.843. The molecular weight excluding hydrogens is 358 g/mol. The highest BCUT2D eigenvalue weighted by molar-refractivity contribution is 5.85. The zero-order valence-electron chi connectivity index (χ0n) is 14.6. The van der Waals surface area contributed by atoms with Gasteiger partial charge in [-0.05, 0) is 6.07 Å². The van der Waals surface area contributed by atoms with Crippen molar-refractivity contribution in [3.63, 3.8) is 0 Å². The second-order valence-corrected chi connectivity index (χ2v) is 5.56. The summed E-state index contributed by atoms with van der Waals surface area (Å²) in [5, 5.41) is 12.4. The first-order valence-corrected chi connectivity index (χ1v) is 7.71. The quantitative estimate of drug-likeness (QED) is 0.748. The van der Waals surface area contributed by atoms with Crippen LogP contribution in [0.15, 0.2) is 12.1 Å². The number of aliphatic hydroxyl groups is 1. The number of alkyl halides is 2. The van der Waals surface area contributed by atoms with Gasteiger partial charge in [0.25, 0.3) is 5.92 Å². The highest BCUT2D eigenvalue weighted by Gasteiger charge is 2.45. The van der Waals surface area contributed by atoms with Crippen molar-refractivity contribution in [2.45, 2.75) is 12.0 Å². The molecule has 0 aliphatic carbocycles. The lowest BCUT2D eigenvalue weighted by atomic mass is 9.96. The summed E-state index contributed by atoms with van der Waals surface area (Å²) in [7, 11) is 4.32. The highest BCUT2D eigenvalue weighted by Crippen LogP contribution is 2.44. The molecule has 0 amide bonds. The SMILES string of the molecule is COc1cc(OC)c([C@H](N2CCNCC2)C(F)(F)CO)cc1OC.Cl. The van der Waals surface area contributed by atoms with Crippen molar-refractivity contribution >= 4 is 12.4 Å². The number of nitrogens with zero attached hydrogens (tertiary/aromatic N) is 1. The Bertz CT molecular complexity index is 557. The van der Waals surface area contributed by atoms with Gasteiger partial charge in [-0.15, -0.1) is 12.4 Å². The topological polar surface area (TPSA) is 63.2 Å². The number of halogens is 3. The van der Waals surface area contributed by atoms with Crippen molar-refractivity contribution in [3.05, 3.63) is 17.7 Å². The fourth-order valence-electron chi connectivity index (χ4n) is 2.98. The molecule has 25 heavy (non-hydrogen) atoms. The van der Waals surface area contributed by atoms with Gasteiger partial charge in [0.15, 0.2) is 11.5 Å². The van der Waals surface area contributed by atoms with E-state index in [0.29, 0.717) is 37.7 Å². The third-order valence-electron chi connectivity index (χ3n) is 4.16. The predicted octanol–water partition coefficient (Wildman–Crippen LogP) is 1.71. The highest BCUT2D eigenvalue weighted by atomic mass is 35.5. The van der Waals surface area contributed by atoms with Gasteiger partial charge >= 0.3 is 0 Å². The van der Waals surface area contributed by atoms with E-state index in [-0.39, 0.29) is 23.7 Å². The fourth-order valence-corrected chi connectivity index (χ4v) is 2.98. The molecule has 0 bridgehead atoms. The van der Waals surface area contributed by atoms with Gasteiger partial charge in [-0.25, -0.2) is 8.78 Å². The van der Waals surface area contributed by atoms with Crippen LogP contribution >= 0.6 is 12.4 Å². The van der Waals surface area contributed by atoms with Crippen LogP contribution in [0.5, 0.6) is 17.2 Å². The average Bonchev–Trinajstić information content (AvgIpc) is 2.62. The third-order valence-corrected chi connectivity index (χ3v) is 4.16. The van der Waals surface area contributed by atoms with Gasteiger partial charge < -0.3 is 24.6 Å². The van der Waals surface area contributed by atoms with E-state index < -0.39 is 18.6 Å². The summed E-state index contributed by atoms with van der Waals surface area (Å²) >= 11 is 0. The summed E-state index contributed by atoms with van der Waals surface area (Å²) in [6, 6.07) is 1.70. The van der Waals surface area contributed by atoms with E-state index in [9.17, 15) is 13.9 Å². The van der Waals surface area contributed by atoms with Crippen molar-refractivity contribution < 1.29 is 28.1 Å². The van der Waals surface area contributed by atoms with Crippen LogP contribution in [0.3, 0.4) is 0 Å². The fraction of sp³-hybridized carbons (Fsp3) is 0.625. The van der Waals surface area contributed by atoms with Gasteiger partial charge in [0.05, 0.1) is 21.3 Å². The minimum Gasteiger partial charge on any atom is -0.496 e. The smallest absolute Gasteiger partial charge is 0.290 e. The van der Waals surface area contributed by atoms with Crippen LogP contribution in [-0.2, 0) is 0 Å². The summed E-state index contributed by atoms with van der Waals surface area (Å²) < 4.78 is 44.9. The first-order chi connectivity index (χ1) is 11.5. The van der Waals surface area contributed by atoms with E-state index in [1.165, 1.54) is 33.5 Å². The first-order valence-electron chi connectivity index (χ1n) is 7.71. The molecule has 0 saturated carbocycles. The van der Waals surface area contributed by atoms with Crippen LogP contribution in [0, 0.1) is 0 Å². The molecule has 144 valence electrons. The minimum absolute atomic E-state index is 0. The normalized spacial score (nSPS) is 16.7.